The smallest absolute Gasteiger partial charge is 0.215 e. The van der Waals surface area contributed by atoms with Gasteiger partial charge in [0.25, 0.3) is 0 Å². The Hall–Kier alpha value is -0.880. The molecule has 0 aliphatic rings. The van der Waals surface area contributed by atoms with Gasteiger partial charge in [0, 0.05) is 32.7 Å². The van der Waals surface area contributed by atoms with Crippen molar-refractivity contribution in [1.82, 2.24) is 20.1 Å². The van der Waals surface area contributed by atoms with E-state index in [9.17, 15) is 8.42 Å². The van der Waals surface area contributed by atoms with Crippen molar-refractivity contribution >= 4 is 40.0 Å². The van der Waals surface area contributed by atoms with Gasteiger partial charge in [-0.15, -0.1) is 24.0 Å². The number of aliphatic imine (C=N–C) groups is 1. The molecule has 0 aromatic carbocycles. The summed E-state index contributed by atoms with van der Waals surface area (Å²) in [6.07, 6.45) is 0. The fraction of sp³-hybridized carbons (Fsp3) is 0.733. The van der Waals surface area contributed by atoms with E-state index in [0.717, 1.165) is 5.69 Å². The van der Waals surface area contributed by atoms with E-state index in [1.54, 1.807) is 7.05 Å². The molecule has 0 spiro atoms. The Kier molecular flexibility index (Phi) is 11.3. The number of rotatable bonds is 9. The number of guanidine groups is 1. The first-order valence-electron chi connectivity index (χ1n) is 8.21. The van der Waals surface area contributed by atoms with E-state index in [2.05, 4.69) is 20.8 Å². The molecule has 0 saturated heterocycles. The van der Waals surface area contributed by atoms with Gasteiger partial charge >= 0.3 is 0 Å². The fourth-order valence-electron chi connectivity index (χ4n) is 2.12. The Morgan fingerprint density at radius 1 is 1.32 bits per heavy atom. The van der Waals surface area contributed by atoms with Crippen LogP contribution >= 0.6 is 24.0 Å². The number of hydrogen-bond acceptors (Lipinski definition) is 5. The van der Waals surface area contributed by atoms with Crippen LogP contribution in [-0.2, 0) is 16.6 Å². The molecule has 146 valence electrons. The molecule has 0 unspecified atom stereocenters. The van der Waals surface area contributed by atoms with E-state index < -0.39 is 10.0 Å². The number of nitrogens with one attached hydrogen (secondary N) is 2. The zero-order valence-electron chi connectivity index (χ0n) is 15.6. The van der Waals surface area contributed by atoms with Gasteiger partial charge in [0.05, 0.1) is 18.0 Å². The normalized spacial score (nSPS) is 12.4. The molecule has 0 radical (unpaired) electrons. The summed E-state index contributed by atoms with van der Waals surface area (Å²) in [6, 6.07) is 1.90. The monoisotopic (exact) mass is 487 g/mol. The lowest BCUT2D eigenvalue weighted by Gasteiger charge is -2.19. The van der Waals surface area contributed by atoms with Crippen LogP contribution in [0, 0.1) is 0 Å². The third-order valence-corrected chi connectivity index (χ3v) is 5.60. The Labute approximate surface area is 167 Å². The Morgan fingerprint density at radius 3 is 2.44 bits per heavy atom. The zero-order valence-corrected chi connectivity index (χ0v) is 18.7. The summed E-state index contributed by atoms with van der Waals surface area (Å²) in [6.45, 7) is 9.44. The molecule has 25 heavy (non-hydrogen) atoms. The van der Waals surface area contributed by atoms with Gasteiger partial charge in [-0.2, -0.15) is 0 Å². The SMILES string of the molecule is CCN(CC)S(=O)(=O)CCNC(=NC)NCc1cc(C(C)C)no1.I. The van der Waals surface area contributed by atoms with Crippen molar-refractivity contribution in [3.8, 4) is 0 Å². The van der Waals surface area contributed by atoms with Gasteiger partial charge in [-0.25, -0.2) is 12.7 Å². The van der Waals surface area contributed by atoms with Gasteiger partial charge in [0.2, 0.25) is 10.0 Å². The minimum Gasteiger partial charge on any atom is -0.359 e. The number of aromatic nitrogens is 1. The van der Waals surface area contributed by atoms with Crippen molar-refractivity contribution in [1.29, 1.82) is 0 Å². The molecule has 0 aliphatic carbocycles. The van der Waals surface area contributed by atoms with Crippen molar-refractivity contribution in [2.75, 3.05) is 32.4 Å². The quantitative estimate of drug-likeness (QED) is 0.313. The lowest BCUT2D eigenvalue weighted by Crippen LogP contribution is -2.41. The first-order valence-corrected chi connectivity index (χ1v) is 9.82. The zero-order chi connectivity index (χ0) is 18.2. The molecule has 1 aromatic rings. The fourth-order valence-corrected chi connectivity index (χ4v) is 3.53. The van der Waals surface area contributed by atoms with Crippen molar-refractivity contribution < 1.29 is 12.9 Å². The predicted octanol–water partition coefficient (Wildman–Crippen LogP) is 1.75. The topological polar surface area (TPSA) is 99.8 Å². The number of hydrogen-bond donors (Lipinski definition) is 2. The van der Waals surface area contributed by atoms with Gasteiger partial charge in [0.1, 0.15) is 0 Å². The van der Waals surface area contributed by atoms with Gasteiger partial charge < -0.3 is 15.2 Å². The third-order valence-electron chi connectivity index (χ3n) is 3.57. The third kappa shape index (κ3) is 7.90. The van der Waals surface area contributed by atoms with Crippen LogP contribution < -0.4 is 10.6 Å². The second-order valence-electron chi connectivity index (χ2n) is 5.63. The molecule has 1 aromatic heterocycles. The van der Waals surface area contributed by atoms with Crippen LogP contribution in [0.2, 0.25) is 0 Å². The van der Waals surface area contributed by atoms with E-state index >= 15 is 0 Å². The Balaban J connectivity index is 0.00000576. The van der Waals surface area contributed by atoms with E-state index in [0.29, 0.717) is 37.3 Å². The minimum atomic E-state index is -3.24. The summed E-state index contributed by atoms with van der Waals surface area (Å²) in [7, 11) is -1.61. The molecule has 8 nitrogen and oxygen atoms in total. The summed E-state index contributed by atoms with van der Waals surface area (Å²) in [5.41, 5.74) is 0.903. The number of sulfonamides is 1. The standard InChI is InChI=1S/C15H29N5O3S.HI/c1-6-20(7-2)24(21,22)9-8-17-15(16-5)18-11-13-10-14(12(3)4)19-23-13;/h10,12H,6-9,11H2,1-5H3,(H2,16,17,18);1H. The van der Waals surface area contributed by atoms with Crippen molar-refractivity contribution in [3.05, 3.63) is 17.5 Å². The van der Waals surface area contributed by atoms with Gasteiger partial charge in [0.15, 0.2) is 11.7 Å². The van der Waals surface area contributed by atoms with Crippen LogP contribution in [0.15, 0.2) is 15.6 Å². The highest BCUT2D eigenvalue weighted by atomic mass is 127. The molecule has 1 heterocycles. The van der Waals surface area contributed by atoms with E-state index in [1.807, 2.05) is 33.8 Å². The maximum absolute atomic E-state index is 12.1. The summed E-state index contributed by atoms with van der Waals surface area (Å²) >= 11 is 0. The van der Waals surface area contributed by atoms with E-state index in [4.69, 9.17) is 4.52 Å². The number of nitrogens with zero attached hydrogens (tertiary/aromatic N) is 3. The molecule has 2 N–H and O–H groups in total. The average molecular weight is 487 g/mol. The van der Waals surface area contributed by atoms with Crippen LogP contribution in [0.5, 0.6) is 0 Å². The molecule has 0 atom stereocenters. The molecular weight excluding hydrogens is 457 g/mol. The molecule has 1 rings (SSSR count). The second kappa shape index (κ2) is 11.7. The first-order chi connectivity index (χ1) is 11.3. The lowest BCUT2D eigenvalue weighted by atomic mass is 10.1. The Bertz CT molecular complexity index is 627. The summed E-state index contributed by atoms with van der Waals surface area (Å²) in [5, 5.41) is 10.1. The van der Waals surface area contributed by atoms with Crippen molar-refractivity contribution in [3.63, 3.8) is 0 Å². The van der Waals surface area contributed by atoms with Gasteiger partial charge in [-0.05, 0) is 5.92 Å². The van der Waals surface area contributed by atoms with E-state index in [-0.39, 0.29) is 36.3 Å². The van der Waals surface area contributed by atoms with Crippen molar-refractivity contribution in [2.45, 2.75) is 40.2 Å². The molecular formula is C15H30IN5O3S. The highest BCUT2D eigenvalue weighted by Crippen LogP contribution is 2.13. The summed E-state index contributed by atoms with van der Waals surface area (Å²) < 4.78 is 30.9. The van der Waals surface area contributed by atoms with Gasteiger partial charge in [-0.1, -0.05) is 32.9 Å². The highest BCUT2D eigenvalue weighted by Gasteiger charge is 2.18. The van der Waals surface area contributed by atoms with Crippen LogP contribution in [0.25, 0.3) is 0 Å². The first kappa shape index (κ1) is 24.1. The largest absolute Gasteiger partial charge is 0.359 e. The maximum atomic E-state index is 12.1. The maximum Gasteiger partial charge on any atom is 0.215 e. The lowest BCUT2D eigenvalue weighted by molar-refractivity contribution is 0.372. The molecule has 10 heteroatoms. The Morgan fingerprint density at radius 2 is 1.96 bits per heavy atom. The second-order valence-corrected chi connectivity index (χ2v) is 7.71. The van der Waals surface area contributed by atoms with Crippen LogP contribution in [-0.4, -0.2) is 56.3 Å². The van der Waals surface area contributed by atoms with Crippen LogP contribution in [0.4, 0.5) is 0 Å². The molecule has 0 amide bonds. The van der Waals surface area contributed by atoms with Crippen LogP contribution in [0.1, 0.15) is 45.1 Å². The van der Waals surface area contributed by atoms with Gasteiger partial charge in [-0.3, -0.25) is 4.99 Å². The highest BCUT2D eigenvalue weighted by molar-refractivity contribution is 14.0. The molecule has 0 saturated carbocycles. The van der Waals surface area contributed by atoms with Crippen molar-refractivity contribution in [2.24, 2.45) is 4.99 Å². The molecule has 0 bridgehead atoms. The minimum absolute atomic E-state index is 0. The molecule has 0 aliphatic heterocycles. The number of halogens is 1. The average Bonchev–Trinajstić information content (AvgIpc) is 3.00. The summed E-state index contributed by atoms with van der Waals surface area (Å²) in [4.78, 5) is 4.07. The predicted molar refractivity (Wildman–Crippen MR) is 111 cm³/mol. The molecule has 0 fully saturated rings. The van der Waals surface area contributed by atoms with E-state index in [1.165, 1.54) is 4.31 Å². The van der Waals surface area contributed by atoms with Crippen LogP contribution in [0.3, 0.4) is 0 Å². The summed E-state index contributed by atoms with van der Waals surface area (Å²) in [5.74, 6) is 1.56.